The Bertz CT molecular complexity index is 936. The topological polar surface area (TPSA) is 98.5 Å². The molecule has 1 heterocycles. The van der Waals surface area contributed by atoms with Crippen LogP contribution in [0.2, 0.25) is 0 Å². The molecule has 0 N–H and O–H groups in total. The number of nitro groups is 1. The van der Waals surface area contributed by atoms with Crippen molar-refractivity contribution in [2.75, 3.05) is 35.0 Å². The summed E-state index contributed by atoms with van der Waals surface area (Å²) in [6, 6.07) is 6.98. The third-order valence-electron chi connectivity index (χ3n) is 5.37. The first-order valence-electron chi connectivity index (χ1n) is 10.4. The van der Waals surface area contributed by atoms with E-state index in [2.05, 4.69) is 0 Å². The van der Waals surface area contributed by atoms with Crippen LogP contribution in [0, 0.1) is 10.1 Å². The van der Waals surface area contributed by atoms with E-state index in [0.29, 0.717) is 41.6 Å². The Labute approximate surface area is 187 Å². The lowest BCUT2D eigenvalue weighted by Crippen LogP contribution is -2.05. The van der Waals surface area contributed by atoms with Crippen LogP contribution in [0.5, 0.6) is 28.7 Å². The van der Waals surface area contributed by atoms with Crippen LogP contribution in [-0.2, 0) is 4.74 Å². The number of hydrogen-bond acceptors (Lipinski definition) is 8. The quantitative estimate of drug-likeness (QED) is 0.370. The smallest absolute Gasteiger partial charge is 0.315 e. The molecule has 9 nitrogen and oxygen atoms in total. The van der Waals surface area contributed by atoms with E-state index in [1.165, 1.54) is 13.2 Å². The molecule has 2 atom stereocenters. The molecule has 0 amide bonds. The maximum Gasteiger partial charge on any atom is 0.315 e. The van der Waals surface area contributed by atoms with Gasteiger partial charge in [0, 0.05) is 6.07 Å². The Morgan fingerprint density at radius 3 is 1.81 bits per heavy atom. The normalized spacial score (nSPS) is 17.7. The van der Waals surface area contributed by atoms with E-state index < -0.39 is 4.92 Å². The lowest BCUT2D eigenvalue weighted by molar-refractivity contribution is -0.386. The molecule has 2 aromatic carbocycles. The van der Waals surface area contributed by atoms with Crippen LogP contribution in [0.25, 0.3) is 0 Å². The summed E-state index contributed by atoms with van der Waals surface area (Å²) in [7, 11) is 6.14. The lowest BCUT2D eigenvalue weighted by Gasteiger charge is -2.19. The average molecular weight is 447 g/mol. The standard InChI is InChI=1S/C23H29NO8/c1-6-9-31-22-16(24(25)26)10-14(11-19(22)27-2)17-7-8-18(32-17)15-12-20(28-3)23(30-5)21(13-15)29-4/h10-13,17-18H,6-9H2,1-5H3/t17-,18-/m0/s1. The van der Waals surface area contributed by atoms with Crippen molar-refractivity contribution in [1.29, 1.82) is 0 Å². The van der Waals surface area contributed by atoms with Gasteiger partial charge in [-0.3, -0.25) is 10.1 Å². The van der Waals surface area contributed by atoms with Gasteiger partial charge >= 0.3 is 5.69 Å². The minimum absolute atomic E-state index is 0.132. The van der Waals surface area contributed by atoms with Gasteiger partial charge in [-0.05, 0) is 48.6 Å². The van der Waals surface area contributed by atoms with Crippen LogP contribution in [0.15, 0.2) is 24.3 Å². The molecule has 1 fully saturated rings. The van der Waals surface area contributed by atoms with Gasteiger partial charge in [0.1, 0.15) is 0 Å². The van der Waals surface area contributed by atoms with Crippen LogP contribution < -0.4 is 23.7 Å². The summed E-state index contributed by atoms with van der Waals surface area (Å²) in [5, 5.41) is 11.7. The Morgan fingerprint density at radius 1 is 0.875 bits per heavy atom. The second-order valence-corrected chi connectivity index (χ2v) is 7.33. The number of methoxy groups -OCH3 is 4. The van der Waals surface area contributed by atoms with E-state index in [4.69, 9.17) is 28.4 Å². The summed E-state index contributed by atoms with van der Waals surface area (Å²) in [5.41, 5.74) is 1.42. The van der Waals surface area contributed by atoms with Crippen LogP contribution in [0.1, 0.15) is 49.5 Å². The summed E-state index contributed by atoms with van der Waals surface area (Å²) in [4.78, 5) is 11.2. The summed E-state index contributed by atoms with van der Waals surface area (Å²) < 4.78 is 33.6. The molecule has 0 aliphatic carbocycles. The van der Waals surface area contributed by atoms with Gasteiger partial charge in [0.2, 0.25) is 11.5 Å². The van der Waals surface area contributed by atoms with E-state index in [1.54, 1.807) is 27.4 Å². The Kier molecular flexibility index (Phi) is 7.63. The Hall–Kier alpha value is -3.20. The predicted molar refractivity (Wildman–Crippen MR) is 117 cm³/mol. The van der Waals surface area contributed by atoms with Crippen molar-refractivity contribution in [1.82, 2.24) is 0 Å². The molecule has 174 valence electrons. The zero-order chi connectivity index (χ0) is 23.3. The Balaban J connectivity index is 1.91. The molecule has 1 aliphatic rings. The first-order chi connectivity index (χ1) is 15.5. The van der Waals surface area contributed by atoms with E-state index >= 15 is 0 Å². The SMILES string of the molecule is CCCOc1c(OC)cc([C@@H]2CC[C@@H](c3cc(OC)c(OC)c(OC)c3)O2)cc1[N+](=O)[O-]. The molecule has 2 aromatic rings. The number of rotatable bonds is 10. The predicted octanol–water partition coefficient (Wildman–Crippen LogP) is 5.01. The highest BCUT2D eigenvalue weighted by atomic mass is 16.6. The maximum absolute atomic E-state index is 11.7. The molecule has 0 unspecified atom stereocenters. The van der Waals surface area contributed by atoms with Gasteiger partial charge in [0.25, 0.3) is 0 Å². The van der Waals surface area contributed by atoms with E-state index in [9.17, 15) is 10.1 Å². The highest BCUT2D eigenvalue weighted by Crippen LogP contribution is 2.48. The van der Waals surface area contributed by atoms with Crippen molar-refractivity contribution in [3.63, 3.8) is 0 Å². The van der Waals surface area contributed by atoms with Crippen LogP contribution in [-0.4, -0.2) is 40.0 Å². The number of nitro benzene ring substituents is 1. The molecule has 0 aromatic heterocycles. The van der Waals surface area contributed by atoms with E-state index in [1.807, 2.05) is 19.1 Å². The summed E-state index contributed by atoms with van der Waals surface area (Å²) in [6.45, 7) is 2.29. The molecule has 0 radical (unpaired) electrons. The zero-order valence-electron chi connectivity index (χ0n) is 19.0. The molecule has 0 bridgehead atoms. The Morgan fingerprint density at radius 2 is 1.38 bits per heavy atom. The molecule has 1 aliphatic heterocycles. The fourth-order valence-corrected chi connectivity index (χ4v) is 3.85. The molecule has 3 rings (SSSR count). The molecule has 1 saturated heterocycles. The van der Waals surface area contributed by atoms with Gasteiger partial charge in [-0.25, -0.2) is 0 Å². The zero-order valence-corrected chi connectivity index (χ0v) is 19.0. The average Bonchev–Trinajstić information content (AvgIpc) is 3.31. The van der Waals surface area contributed by atoms with Crippen molar-refractivity contribution >= 4 is 5.69 Å². The molecular weight excluding hydrogens is 418 g/mol. The second kappa shape index (κ2) is 10.4. The minimum atomic E-state index is -0.456. The summed E-state index contributed by atoms with van der Waals surface area (Å²) >= 11 is 0. The van der Waals surface area contributed by atoms with E-state index in [0.717, 1.165) is 18.4 Å². The monoisotopic (exact) mass is 447 g/mol. The minimum Gasteiger partial charge on any atom is -0.493 e. The maximum atomic E-state index is 11.7. The van der Waals surface area contributed by atoms with Crippen molar-refractivity contribution in [3.8, 4) is 28.7 Å². The number of ether oxygens (including phenoxy) is 6. The summed E-state index contributed by atoms with van der Waals surface area (Å²) in [5.74, 6) is 2.06. The van der Waals surface area contributed by atoms with Gasteiger partial charge in [-0.2, -0.15) is 0 Å². The second-order valence-electron chi connectivity index (χ2n) is 7.33. The van der Waals surface area contributed by atoms with Crippen molar-refractivity contribution in [3.05, 3.63) is 45.5 Å². The highest BCUT2D eigenvalue weighted by molar-refractivity contribution is 5.59. The van der Waals surface area contributed by atoms with Crippen LogP contribution in [0.4, 0.5) is 5.69 Å². The molecular formula is C23H29NO8. The highest BCUT2D eigenvalue weighted by Gasteiger charge is 2.32. The van der Waals surface area contributed by atoms with Gasteiger partial charge in [0.15, 0.2) is 17.2 Å². The van der Waals surface area contributed by atoms with Gasteiger partial charge < -0.3 is 28.4 Å². The summed E-state index contributed by atoms with van der Waals surface area (Å²) in [6.07, 6.45) is 1.59. The van der Waals surface area contributed by atoms with E-state index in [-0.39, 0.29) is 23.6 Å². The fraction of sp³-hybridized carbons (Fsp3) is 0.478. The van der Waals surface area contributed by atoms with Gasteiger partial charge in [-0.1, -0.05) is 6.92 Å². The lowest BCUT2D eigenvalue weighted by atomic mass is 10.0. The van der Waals surface area contributed by atoms with Gasteiger partial charge in [-0.15, -0.1) is 0 Å². The molecule has 0 saturated carbocycles. The first-order valence-corrected chi connectivity index (χ1v) is 10.4. The molecule has 0 spiro atoms. The van der Waals surface area contributed by atoms with Crippen LogP contribution >= 0.6 is 0 Å². The molecule has 32 heavy (non-hydrogen) atoms. The van der Waals surface area contributed by atoms with Crippen molar-refractivity contribution in [2.24, 2.45) is 0 Å². The van der Waals surface area contributed by atoms with Crippen LogP contribution in [0.3, 0.4) is 0 Å². The number of nitrogens with zero attached hydrogens (tertiary/aromatic N) is 1. The third-order valence-corrected chi connectivity index (χ3v) is 5.37. The number of hydrogen-bond donors (Lipinski definition) is 0. The largest absolute Gasteiger partial charge is 0.493 e. The fourth-order valence-electron chi connectivity index (χ4n) is 3.85. The molecule has 9 heteroatoms. The van der Waals surface area contributed by atoms with Crippen molar-refractivity contribution < 1.29 is 33.3 Å². The van der Waals surface area contributed by atoms with Crippen molar-refractivity contribution in [2.45, 2.75) is 38.4 Å². The van der Waals surface area contributed by atoms with Gasteiger partial charge in [0.05, 0.1) is 52.2 Å². The third kappa shape index (κ3) is 4.67. The first kappa shape index (κ1) is 23.5. The number of benzene rings is 2.